The Morgan fingerprint density at radius 3 is 2.31 bits per heavy atom. The zero-order valence-corrected chi connectivity index (χ0v) is 8.87. The van der Waals surface area contributed by atoms with Crippen LogP contribution in [0.5, 0.6) is 0 Å². The lowest BCUT2D eigenvalue weighted by atomic mass is 9.96. The van der Waals surface area contributed by atoms with E-state index in [1.165, 1.54) is 0 Å². The second-order valence-corrected chi connectivity index (χ2v) is 3.54. The molecular weight excluding hydrogens is 164 g/mol. The van der Waals surface area contributed by atoms with Crippen LogP contribution in [0.25, 0.3) is 0 Å². The molecule has 3 heteroatoms. The van der Waals surface area contributed by atoms with E-state index in [-0.39, 0.29) is 18.4 Å². The van der Waals surface area contributed by atoms with Crippen molar-refractivity contribution in [3.05, 3.63) is 0 Å². The van der Waals surface area contributed by atoms with E-state index in [2.05, 4.69) is 0 Å². The number of carbonyl (C=O) groups is 1. The summed E-state index contributed by atoms with van der Waals surface area (Å²) in [4.78, 5) is 13.3. The molecule has 0 radical (unpaired) electrons. The summed E-state index contributed by atoms with van der Waals surface area (Å²) in [6.07, 6.45) is 0. The van der Waals surface area contributed by atoms with Gasteiger partial charge in [-0.3, -0.25) is 4.79 Å². The first-order valence-electron chi connectivity index (χ1n) is 4.70. The van der Waals surface area contributed by atoms with Gasteiger partial charge in [0.1, 0.15) is 6.54 Å². The third-order valence-corrected chi connectivity index (χ3v) is 2.34. The van der Waals surface area contributed by atoms with Crippen LogP contribution >= 0.6 is 0 Å². The fourth-order valence-electron chi connectivity index (χ4n) is 1.00. The molecule has 0 spiro atoms. The highest BCUT2D eigenvalue weighted by Gasteiger charge is 2.21. The third-order valence-electron chi connectivity index (χ3n) is 2.34. The van der Waals surface area contributed by atoms with Gasteiger partial charge in [0.15, 0.2) is 0 Å². The van der Waals surface area contributed by atoms with Gasteiger partial charge in [-0.25, -0.2) is 0 Å². The van der Waals surface area contributed by atoms with Gasteiger partial charge in [0.2, 0.25) is 5.91 Å². The van der Waals surface area contributed by atoms with Crippen LogP contribution in [0.15, 0.2) is 0 Å². The summed E-state index contributed by atoms with van der Waals surface area (Å²) >= 11 is 0. The minimum absolute atomic E-state index is 0.00769. The van der Waals surface area contributed by atoms with E-state index in [0.717, 1.165) is 0 Å². The van der Waals surface area contributed by atoms with Crippen LogP contribution in [0.1, 0.15) is 27.7 Å². The third kappa shape index (κ3) is 3.45. The van der Waals surface area contributed by atoms with Crippen molar-refractivity contribution >= 4 is 5.91 Å². The van der Waals surface area contributed by atoms with Crippen LogP contribution in [-0.4, -0.2) is 23.9 Å². The van der Waals surface area contributed by atoms with Crippen molar-refractivity contribution in [3.8, 4) is 6.07 Å². The maximum atomic E-state index is 11.7. The van der Waals surface area contributed by atoms with Gasteiger partial charge in [0.25, 0.3) is 0 Å². The van der Waals surface area contributed by atoms with Crippen LogP contribution < -0.4 is 0 Å². The summed E-state index contributed by atoms with van der Waals surface area (Å²) in [5, 5.41) is 8.49. The van der Waals surface area contributed by atoms with Crippen molar-refractivity contribution in [2.24, 2.45) is 11.8 Å². The lowest BCUT2D eigenvalue weighted by Crippen LogP contribution is -2.37. The van der Waals surface area contributed by atoms with Crippen molar-refractivity contribution < 1.29 is 4.79 Å². The molecule has 1 amide bonds. The minimum Gasteiger partial charge on any atom is -0.329 e. The van der Waals surface area contributed by atoms with Crippen LogP contribution in [0.4, 0.5) is 0 Å². The second kappa shape index (κ2) is 5.58. The van der Waals surface area contributed by atoms with E-state index in [1.807, 2.05) is 33.8 Å². The summed E-state index contributed by atoms with van der Waals surface area (Å²) in [7, 11) is 0. The van der Waals surface area contributed by atoms with Crippen molar-refractivity contribution in [1.82, 2.24) is 4.90 Å². The van der Waals surface area contributed by atoms with Crippen LogP contribution in [-0.2, 0) is 4.79 Å². The number of hydrogen-bond donors (Lipinski definition) is 0. The molecule has 3 nitrogen and oxygen atoms in total. The molecule has 0 bridgehead atoms. The normalized spacial score (nSPS) is 12.3. The molecule has 13 heavy (non-hydrogen) atoms. The first-order chi connectivity index (χ1) is 6.04. The van der Waals surface area contributed by atoms with Crippen molar-refractivity contribution in [2.75, 3.05) is 13.1 Å². The molecule has 0 heterocycles. The summed E-state index contributed by atoms with van der Waals surface area (Å²) in [5.41, 5.74) is 0. The molecule has 0 fully saturated rings. The Morgan fingerprint density at radius 2 is 2.00 bits per heavy atom. The Labute approximate surface area is 80.3 Å². The van der Waals surface area contributed by atoms with Gasteiger partial charge in [0, 0.05) is 12.5 Å². The number of carbonyl (C=O) groups excluding carboxylic acids is 1. The maximum Gasteiger partial charge on any atom is 0.226 e. The van der Waals surface area contributed by atoms with Crippen molar-refractivity contribution in [1.29, 1.82) is 5.26 Å². The Bertz CT molecular complexity index is 205. The van der Waals surface area contributed by atoms with E-state index in [4.69, 9.17) is 5.26 Å². The molecule has 0 aliphatic rings. The zero-order chi connectivity index (χ0) is 10.4. The molecule has 0 N–H and O–H groups in total. The molecule has 1 unspecified atom stereocenters. The molecular formula is C10H18N2O. The average Bonchev–Trinajstić information content (AvgIpc) is 2.11. The molecule has 0 saturated heterocycles. The highest BCUT2D eigenvalue weighted by molar-refractivity contribution is 5.78. The Balaban J connectivity index is 4.29. The van der Waals surface area contributed by atoms with Crippen molar-refractivity contribution in [2.45, 2.75) is 27.7 Å². The maximum absolute atomic E-state index is 11.7. The summed E-state index contributed by atoms with van der Waals surface area (Å²) < 4.78 is 0. The number of hydrogen-bond acceptors (Lipinski definition) is 2. The molecule has 0 aromatic heterocycles. The van der Waals surface area contributed by atoms with Crippen LogP contribution in [0.3, 0.4) is 0 Å². The fourth-order valence-corrected chi connectivity index (χ4v) is 1.00. The van der Waals surface area contributed by atoms with Gasteiger partial charge in [-0.2, -0.15) is 5.26 Å². The lowest BCUT2D eigenvalue weighted by molar-refractivity contribution is -0.135. The number of rotatable bonds is 4. The Kier molecular flexibility index (Phi) is 5.13. The highest BCUT2D eigenvalue weighted by atomic mass is 16.2. The summed E-state index contributed by atoms with van der Waals surface area (Å²) in [6.45, 7) is 8.65. The minimum atomic E-state index is 0.00769. The average molecular weight is 182 g/mol. The van der Waals surface area contributed by atoms with Gasteiger partial charge >= 0.3 is 0 Å². The smallest absolute Gasteiger partial charge is 0.226 e. The summed E-state index contributed by atoms with van der Waals surface area (Å²) in [6, 6.07) is 2.00. The van der Waals surface area contributed by atoms with E-state index >= 15 is 0 Å². The van der Waals surface area contributed by atoms with Gasteiger partial charge in [-0.15, -0.1) is 0 Å². The van der Waals surface area contributed by atoms with Gasteiger partial charge in [-0.05, 0) is 12.8 Å². The summed E-state index contributed by atoms with van der Waals surface area (Å²) in [5.74, 6) is 0.424. The number of nitrogens with zero attached hydrogens (tertiary/aromatic N) is 2. The standard InChI is InChI=1S/C10H18N2O/c1-5-12(7-6-11)10(13)9(4)8(2)3/h8-9H,5,7H2,1-4H3. The molecule has 0 aliphatic heterocycles. The monoisotopic (exact) mass is 182 g/mol. The molecule has 1 atom stereocenters. The van der Waals surface area contributed by atoms with Gasteiger partial charge < -0.3 is 4.90 Å². The zero-order valence-electron chi connectivity index (χ0n) is 8.87. The quantitative estimate of drug-likeness (QED) is 0.620. The number of nitriles is 1. The van der Waals surface area contributed by atoms with Crippen molar-refractivity contribution in [3.63, 3.8) is 0 Å². The van der Waals surface area contributed by atoms with Crippen LogP contribution in [0.2, 0.25) is 0 Å². The molecule has 0 aliphatic carbocycles. The number of amides is 1. The molecule has 0 saturated carbocycles. The molecule has 0 aromatic carbocycles. The molecule has 74 valence electrons. The predicted octanol–water partition coefficient (Wildman–Crippen LogP) is 1.65. The van der Waals surface area contributed by atoms with Crippen LogP contribution in [0, 0.1) is 23.2 Å². The largest absolute Gasteiger partial charge is 0.329 e. The molecule has 0 aromatic rings. The van der Waals surface area contributed by atoms with E-state index in [0.29, 0.717) is 12.5 Å². The first-order valence-corrected chi connectivity index (χ1v) is 4.70. The lowest BCUT2D eigenvalue weighted by Gasteiger charge is -2.23. The Hall–Kier alpha value is -1.04. The highest BCUT2D eigenvalue weighted by Crippen LogP contribution is 2.12. The first kappa shape index (κ1) is 12.0. The van der Waals surface area contributed by atoms with Gasteiger partial charge in [-0.1, -0.05) is 20.8 Å². The van der Waals surface area contributed by atoms with Gasteiger partial charge in [0.05, 0.1) is 6.07 Å². The Morgan fingerprint density at radius 1 is 1.46 bits per heavy atom. The second-order valence-electron chi connectivity index (χ2n) is 3.54. The SMILES string of the molecule is CCN(CC#N)C(=O)C(C)C(C)C. The van der Waals surface area contributed by atoms with E-state index in [1.54, 1.807) is 4.90 Å². The topological polar surface area (TPSA) is 44.1 Å². The van der Waals surface area contributed by atoms with E-state index in [9.17, 15) is 4.79 Å². The molecule has 0 rings (SSSR count). The van der Waals surface area contributed by atoms with E-state index < -0.39 is 0 Å². The fraction of sp³-hybridized carbons (Fsp3) is 0.800. The predicted molar refractivity (Wildman–Crippen MR) is 51.9 cm³/mol.